The molecule has 1 N–H and O–H groups in total. The smallest absolute Gasteiger partial charge is 0.201 e. The maximum atomic E-state index is 9.71. The van der Waals surface area contributed by atoms with E-state index in [1.165, 1.54) is 0 Å². The van der Waals surface area contributed by atoms with Gasteiger partial charge in [0.25, 0.3) is 11.0 Å². The molecule has 0 aliphatic heterocycles. The minimum absolute atomic E-state index is 0.583. The molecular formula is C4H11NO3S. The summed E-state index contributed by atoms with van der Waals surface area (Å²) in [5, 5.41) is 0. The maximum Gasteiger partial charge on any atom is 0.273 e. The van der Waals surface area contributed by atoms with Crippen molar-refractivity contribution >= 4 is 11.0 Å². The van der Waals surface area contributed by atoms with Crippen LogP contribution < -0.4 is 5.48 Å². The highest BCUT2D eigenvalue weighted by Gasteiger charge is 1.83. The highest BCUT2D eigenvalue weighted by atomic mass is 32.2. The molecule has 0 bridgehead atoms. The van der Waals surface area contributed by atoms with Crippen molar-refractivity contribution in [2.75, 3.05) is 6.54 Å². The Hall–Kier alpha value is -0.130. The summed E-state index contributed by atoms with van der Waals surface area (Å²) in [6.45, 7) is 2.60. The molecule has 9 heavy (non-hydrogen) atoms. The minimum Gasteiger partial charge on any atom is -0.201 e. The van der Waals surface area contributed by atoms with Crippen LogP contribution in [0, 0.1) is 0 Å². The Bertz CT molecular complexity index is 115. The third kappa shape index (κ3) is 7.87. The van der Waals surface area contributed by atoms with Gasteiger partial charge < -0.3 is 0 Å². The molecule has 0 radical (unpaired) electrons. The van der Waals surface area contributed by atoms with Crippen LogP contribution in [0.25, 0.3) is 0 Å². The molecule has 0 aliphatic carbocycles. The van der Waals surface area contributed by atoms with Crippen molar-refractivity contribution in [1.29, 1.82) is 0 Å². The maximum absolute atomic E-state index is 9.71. The first-order chi connectivity index (χ1) is 4.27. The van der Waals surface area contributed by atoms with E-state index < -0.39 is 11.0 Å². The van der Waals surface area contributed by atoms with E-state index in [0.717, 1.165) is 12.8 Å². The Balaban J connectivity index is 2.92. The Labute approximate surface area is 56.3 Å². The predicted molar refractivity (Wildman–Crippen MR) is 34.3 cm³/mol. The molecule has 0 unspecified atom stereocenters. The Morgan fingerprint density at radius 1 is 1.56 bits per heavy atom. The van der Waals surface area contributed by atoms with Crippen LogP contribution in [0.1, 0.15) is 19.8 Å². The van der Waals surface area contributed by atoms with Crippen LogP contribution in [0.4, 0.5) is 0 Å². The molecule has 0 amide bonds. The molecule has 0 aliphatic rings. The van der Waals surface area contributed by atoms with Gasteiger partial charge in [-0.1, -0.05) is 13.3 Å². The average Bonchev–Trinajstić information content (AvgIpc) is 1.80. The van der Waals surface area contributed by atoms with E-state index in [0.29, 0.717) is 6.54 Å². The third-order valence-corrected chi connectivity index (χ3v) is 1.05. The zero-order valence-electron chi connectivity index (χ0n) is 5.29. The summed E-state index contributed by atoms with van der Waals surface area (Å²) in [5.41, 5.74) is 2.29. The summed E-state index contributed by atoms with van der Waals surface area (Å²) in [6.07, 6.45) is 1.94. The van der Waals surface area contributed by atoms with Gasteiger partial charge in [-0.3, -0.25) is 0 Å². The lowest BCUT2D eigenvalue weighted by atomic mass is 10.3. The number of rotatable bonds is 5. The fraction of sp³-hybridized carbons (Fsp3) is 1.00. The van der Waals surface area contributed by atoms with E-state index in [1.54, 1.807) is 0 Å². The molecule has 0 aromatic carbocycles. The molecule has 0 aromatic rings. The fourth-order valence-electron chi connectivity index (χ4n) is 0.347. The molecular weight excluding hydrogens is 142 g/mol. The van der Waals surface area contributed by atoms with Crippen molar-refractivity contribution in [3.8, 4) is 0 Å². The normalized spacial score (nSPS) is 10.4. The van der Waals surface area contributed by atoms with Gasteiger partial charge in [0.05, 0.1) is 0 Å². The quantitative estimate of drug-likeness (QED) is 0.327. The summed E-state index contributed by atoms with van der Waals surface area (Å²) in [5.74, 6) is 0. The van der Waals surface area contributed by atoms with Crippen molar-refractivity contribution < 1.29 is 12.7 Å². The summed E-state index contributed by atoms with van der Waals surface area (Å²) in [7, 11) is -2.73. The van der Waals surface area contributed by atoms with Crippen LogP contribution in [0.5, 0.6) is 0 Å². The van der Waals surface area contributed by atoms with Gasteiger partial charge >= 0.3 is 0 Å². The van der Waals surface area contributed by atoms with Crippen LogP contribution >= 0.6 is 0 Å². The Kier molecular flexibility index (Phi) is 5.91. The lowest BCUT2D eigenvalue weighted by molar-refractivity contribution is 0.212. The lowest BCUT2D eigenvalue weighted by Crippen LogP contribution is -2.14. The highest BCUT2D eigenvalue weighted by Crippen LogP contribution is 1.81. The molecule has 0 rings (SSSR count). The average molecular weight is 153 g/mol. The van der Waals surface area contributed by atoms with Gasteiger partial charge in [-0.15, -0.1) is 0 Å². The van der Waals surface area contributed by atoms with Gasteiger partial charge in [-0.25, -0.2) is 8.42 Å². The van der Waals surface area contributed by atoms with Crippen LogP contribution in [0.3, 0.4) is 0 Å². The van der Waals surface area contributed by atoms with Gasteiger partial charge in [-0.05, 0) is 6.42 Å². The Morgan fingerprint density at radius 2 is 2.22 bits per heavy atom. The second-order valence-corrected chi connectivity index (χ2v) is 2.19. The molecule has 0 atom stereocenters. The Morgan fingerprint density at radius 3 is 2.67 bits per heavy atom. The van der Waals surface area contributed by atoms with Crippen molar-refractivity contribution in [1.82, 2.24) is 5.48 Å². The molecule has 4 nitrogen and oxygen atoms in total. The highest BCUT2D eigenvalue weighted by molar-refractivity contribution is 7.67. The van der Waals surface area contributed by atoms with Crippen molar-refractivity contribution in [2.24, 2.45) is 0 Å². The van der Waals surface area contributed by atoms with Gasteiger partial charge in [-0.2, -0.15) is 9.76 Å². The van der Waals surface area contributed by atoms with E-state index in [1.807, 2.05) is 6.92 Å². The number of unbranched alkanes of at least 4 members (excludes halogenated alkanes) is 1. The van der Waals surface area contributed by atoms with Gasteiger partial charge in [0, 0.05) is 6.54 Å². The second-order valence-electron chi connectivity index (χ2n) is 1.56. The number of thiol groups is 1. The van der Waals surface area contributed by atoms with Crippen LogP contribution in [0.2, 0.25) is 0 Å². The lowest BCUT2D eigenvalue weighted by Gasteiger charge is -1.95. The SMILES string of the molecule is CCCCNO[SH](=O)=O. The van der Waals surface area contributed by atoms with E-state index in [4.69, 9.17) is 0 Å². The standard InChI is InChI=1S/C4H11NO3S/c1-2-3-4-5-8-9(6)7/h5,9H,2-4H2,1H3. The zero-order valence-corrected chi connectivity index (χ0v) is 6.19. The minimum atomic E-state index is -2.73. The van der Waals surface area contributed by atoms with Crippen LogP contribution in [-0.2, 0) is 15.3 Å². The third-order valence-electron chi connectivity index (χ3n) is 0.771. The van der Waals surface area contributed by atoms with Gasteiger partial charge in [0.15, 0.2) is 0 Å². The molecule has 0 heterocycles. The number of hydrogen-bond donors (Lipinski definition) is 2. The zero-order chi connectivity index (χ0) is 7.11. The predicted octanol–water partition coefficient (Wildman–Crippen LogP) is -0.166. The summed E-state index contributed by atoms with van der Waals surface area (Å²) in [4.78, 5) is 0. The molecule has 56 valence electrons. The fourth-order valence-corrected chi connectivity index (χ4v) is 0.544. The van der Waals surface area contributed by atoms with Crippen molar-refractivity contribution in [3.05, 3.63) is 0 Å². The summed E-state index contributed by atoms with van der Waals surface area (Å²) < 4.78 is 23.5. The van der Waals surface area contributed by atoms with E-state index >= 15 is 0 Å². The largest absolute Gasteiger partial charge is 0.273 e. The molecule has 0 saturated heterocycles. The molecule has 0 fully saturated rings. The van der Waals surface area contributed by atoms with E-state index in [-0.39, 0.29) is 0 Å². The van der Waals surface area contributed by atoms with Crippen LogP contribution in [-0.4, -0.2) is 15.0 Å². The first-order valence-electron chi connectivity index (χ1n) is 2.81. The second kappa shape index (κ2) is 6.00. The number of hydrogen-bond acceptors (Lipinski definition) is 4. The topological polar surface area (TPSA) is 55.4 Å². The summed E-state index contributed by atoms with van der Waals surface area (Å²) in [6, 6.07) is 0. The molecule has 5 heteroatoms. The molecule has 0 saturated carbocycles. The van der Waals surface area contributed by atoms with E-state index in [9.17, 15) is 8.42 Å². The molecule has 0 aromatic heterocycles. The van der Waals surface area contributed by atoms with E-state index in [2.05, 4.69) is 9.76 Å². The van der Waals surface area contributed by atoms with Gasteiger partial charge in [0.1, 0.15) is 0 Å². The first-order valence-corrected chi connectivity index (χ1v) is 3.91. The number of hydroxylamine groups is 1. The summed E-state index contributed by atoms with van der Waals surface area (Å²) >= 11 is 0. The van der Waals surface area contributed by atoms with Crippen molar-refractivity contribution in [2.45, 2.75) is 19.8 Å². The molecule has 0 spiro atoms. The van der Waals surface area contributed by atoms with Crippen LogP contribution in [0.15, 0.2) is 0 Å². The van der Waals surface area contributed by atoms with Crippen molar-refractivity contribution in [3.63, 3.8) is 0 Å². The first kappa shape index (κ1) is 8.87. The monoisotopic (exact) mass is 153 g/mol. The van der Waals surface area contributed by atoms with Gasteiger partial charge in [0.2, 0.25) is 0 Å². The number of nitrogens with one attached hydrogen (secondary N) is 1.